The molecule has 0 amide bonds. The van der Waals surface area contributed by atoms with Crippen molar-refractivity contribution < 1.29 is 9.53 Å². The predicted octanol–water partition coefficient (Wildman–Crippen LogP) is 3.46. The third kappa shape index (κ3) is 1.40. The molecule has 0 saturated carbocycles. The van der Waals surface area contributed by atoms with Gasteiger partial charge in [-0.15, -0.1) is 0 Å². The van der Waals surface area contributed by atoms with Crippen molar-refractivity contribution in [2.24, 2.45) is 0 Å². The van der Waals surface area contributed by atoms with Crippen LogP contribution in [0.1, 0.15) is 11.7 Å². The van der Waals surface area contributed by atoms with E-state index < -0.39 is 0 Å². The van der Waals surface area contributed by atoms with E-state index in [1.165, 1.54) is 0 Å². The van der Waals surface area contributed by atoms with Crippen LogP contribution in [0.2, 0.25) is 0 Å². The first kappa shape index (κ1) is 10.8. The van der Waals surface area contributed by atoms with E-state index in [4.69, 9.17) is 4.74 Å². The zero-order valence-corrected chi connectivity index (χ0v) is 10.3. The summed E-state index contributed by atoms with van der Waals surface area (Å²) in [5.41, 5.74) is 1.83. The second-order valence-electron chi connectivity index (χ2n) is 4.25. The maximum absolute atomic E-state index is 11.9. The van der Waals surface area contributed by atoms with E-state index in [1.807, 2.05) is 42.5 Å². The van der Waals surface area contributed by atoms with Gasteiger partial charge in [0.25, 0.3) is 0 Å². The van der Waals surface area contributed by atoms with E-state index in [9.17, 15) is 4.79 Å². The minimum Gasteiger partial charge on any atom is -0.497 e. The standard InChI is InChI=1S/C15H13NO2/c1-10(17)16-14-6-4-3-5-12(14)13-8-7-11(18-2)9-15(13)16/h3-9H,1-2H3. The Kier molecular flexibility index (Phi) is 2.33. The first-order chi connectivity index (χ1) is 8.72. The van der Waals surface area contributed by atoms with Crippen LogP contribution in [-0.2, 0) is 0 Å². The molecule has 3 nitrogen and oxygen atoms in total. The number of fused-ring (bicyclic) bond motifs is 3. The zero-order chi connectivity index (χ0) is 12.7. The molecular weight excluding hydrogens is 226 g/mol. The number of rotatable bonds is 1. The number of ether oxygens (including phenoxy) is 1. The number of nitrogens with zero attached hydrogens (tertiary/aromatic N) is 1. The molecular formula is C15H13NO2. The van der Waals surface area contributed by atoms with Gasteiger partial charge in [-0.05, 0) is 18.2 Å². The fraction of sp³-hybridized carbons (Fsp3) is 0.133. The molecule has 18 heavy (non-hydrogen) atoms. The number of hydrogen-bond acceptors (Lipinski definition) is 2. The lowest BCUT2D eigenvalue weighted by Crippen LogP contribution is -2.04. The van der Waals surface area contributed by atoms with Crippen molar-refractivity contribution in [1.29, 1.82) is 0 Å². The molecule has 0 aliphatic heterocycles. The molecule has 3 rings (SSSR count). The van der Waals surface area contributed by atoms with Crippen LogP contribution in [0, 0.1) is 0 Å². The average molecular weight is 239 g/mol. The first-order valence-electron chi connectivity index (χ1n) is 5.80. The fourth-order valence-corrected chi connectivity index (χ4v) is 2.42. The van der Waals surface area contributed by atoms with Gasteiger partial charge in [-0.2, -0.15) is 0 Å². The SMILES string of the molecule is COc1ccc2c3ccccc3n(C(C)=O)c2c1. The molecule has 0 N–H and O–H groups in total. The summed E-state index contributed by atoms with van der Waals surface area (Å²) in [7, 11) is 1.63. The fourth-order valence-electron chi connectivity index (χ4n) is 2.42. The third-order valence-corrected chi connectivity index (χ3v) is 3.20. The van der Waals surface area contributed by atoms with Gasteiger partial charge in [0.2, 0.25) is 5.91 Å². The topological polar surface area (TPSA) is 31.2 Å². The molecule has 0 fully saturated rings. The highest BCUT2D eigenvalue weighted by Crippen LogP contribution is 2.31. The van der Waals surface area contributed by atoms with Crippen molar-refractivity contribution in [3.63, 3.8) is 0 Å². The predicted molar refractivity (Wildman–Crippen MR) is 72.3 cm³/mol. The second kappa shape index (κ2) is 3.88. The monoisotopic (exact) mass is 239 g/mol. The molecule has 1 aromatic heterocycles. The van der Waals surface area contributed by atoms with Crippen LogP contribution in [0.15, 0.2) is 42.5 Å². The van der Waals surface area contributed by atoms with Gasteiger partial charge >= 0.3 is 0 Å². The molecule has 0 aliphatic carbocycles. The Morgan fingerprint density at radius 1 is 1.06 bits per heavy atom. The van der Waals surface area contributed by atoms with Gasteiger partial charge in [-0.1, -0.05) is 18.2 Å². The third-order valence-electron chi connectivity index (χ3n) is 3.20. The summed E-state index contributed by atoms with van der Waals surface area (Å²) >= 11 is 0. The molecule has 3 heteroatoms. The highest BCUT2D eigenvalue weighted by atomic mass is 16.5. The minimum absolute atomic E-state index is 0.00875. The summed E-state index contributed by atoms with van der Waals surface area (Å²) in [5.74, 6) is 0.766. The molecule has 1 heterocycles. The number of aromatic nitrogens is 1. The highest BCUT2D eigenvalue weighted by Gasteiger charge is 2.13. The van der Waals surface area contributed by atoms with Crippen LogP contribution in [0.25, 0.3) is 21.8 Å². The molecule has 90 valence electrons. The summed E-state index contributed by atoms with van der Waals surface area (Å²) in [5, 5.41) is 2.16. The molecule has 3 aromatic rings. The molecule has 0 saturated heterocycles. The number of para-hydroxylation sites is 1. The van der Waals surface area contributed by atoms with E-state index >= 15 is 0 Å². The lowest BCUT2D eigenvalue weighted by atomic mass is 10.1. The summed E-state index contributed by atoms with van der Waals surface area (Å²) in [6, 6.07) is 13.7. The normalized spacial score (nSPS) is 11.0. The number of benzene rings is 2. The average Bonchev–Trinajstić information content (AvgIpc) is 2.72. The molecule has 0 atom stereocenters. The van der Waals surface area contributed by atoms with Gasteiger partial charge in [-0.25, -0.2) is 0 Å². The Bertz CT molecular complexity index is 756. The van der Waals surface area contributed by atoms with Gasteiger partial charge in [0.15, 0.2) is 0 Å². The zero-order valence-electron chi connectivity index (χ0n) is 10.3. The van der Waals surface area contributed by atoms with Crippen LogP contribution in [-0.4, -0.2) is 17.6 Å². The van der Waals surface area contributed by atoms with Crippen molar-refractivity contribution in [2.75, 3.05) is 7.11 Å². The van der Waals surface area contributed by atoms with Crippen molar-refractivity contribution in [1.82, 2.24) is 4.57 Å². The highest BCUT2D eigenvalue weighted by molar-refractivity contribution is 6.13. The quantitative estimate of drug-likeness (QED) is 0.651. The van der Waals surface area contributed by atoms with E-state index in [0.717, 1.165) is 27.6 Å². The Morgan fingerprint density at radius 3 is 2.50 bits per heavy atom. The van der Waals surface area contributed by atoms with Crippen molar-refractivity contribution in [3.05, 3.63) is 42.5 Å². The van der Waals surface area contributed by atoms with Crippen molar-refractivity contribution in [2.45, 2.75) is 6.92 Å². The number of carbonyl (C=O) groups is 1. The summed E-state index contributed by atoms with van der Waals surface area (Å²) < 4.78 is 6.96. The minimum atomic E-state index is 0.00875. The molecule has 0 unspecified atom stereocenters. The van der Waals surface area contributed by atoms with Crippen LogP contribution in [0.3, 0.4) is 0 Å². The van der Waals surface area contributed by atoms with Crippen LogP contribution in [0.5, 0.6) is 5.75 Å². The Hall–Kier alpha value is -2.29. The van der Waals surface area contributed by atoms with Crippen molar-refractivity contribution >= 4 is 27.7 Å². The van der Waals surface area contributed by atoms with Gasteiger partial charge in [-0.3, -0.25) is 9.36 Å². The summed E-state index contributed by atoms with van der Waals surface area (Å²) in [4.78, 5) is 11.9. The largest absolute Gasteiger partial charge is 0.497 e. The molecule has 0 aliphatic rings. The van der Waals surface area contributed by atoms with E-state index in [2.05, 4.69) is 0 Å². The summed E-state index contributed by atoms with van der Waals surface area (Å²) in [6.45, 7) is 1.57. The van der Waals surface area contributed by atoms with Crippen LogP contribution in [0.4, 0.5) is 0 Å². The Labute approximate surface area is 105 Å². The van der Waals surface area contributed by atoms with Gasteiger partial charge < -0.3 is 4.74 Å². The summed E-state index contributed by atoms with van der Waals surface area (Å²) in [6.07, 6.45) is 0. The molecule has 0 spiro atoms. The first-order valence-corrected chi connectivity index (χ1v) is 5.80. The Balaban J connectivity index is 2.54. The number of carbonyl (C=O) groups excluding carboxylic acids is 1. The lowest BCUT2D eigenvalue weighted by Gasteiger charge is -2.03. The molecule has 0 bridgehead atoms. The van der Waals surface area contributed by atoms with Gasteiger partial charge in [0.1, 0.15) is 5.75 Å². The lowest BCUT2D eigenvalue weighted by molar-refractivity contribution is 0.0946. The molecule has 0 radical (unpaired) electrons. The van der Waals surface area contributed by atoms with E-state index in [1.54, 1.807) is 18.6 Å². The Morgan fingerprint density at radius 2 is 1.78 bits per heavy atom. The number of methoxy groups -OCH3 is 1. The smallest absolute Gasteiger partial charge is 0.228 e. The van der Waals surface area contributed by atoms with Crippen molar-refractivity contribution in [3.8, 4) is 5.75 Å². The van der Waals surface area contributed by atoms with Gasteiger partial charge in [0, 0.05) is 23.8 Å². The number of hydrogen-bond donors (Lipinski definition) is 0. The van der Waals surface area contributed by atoms with E-state index in [0.29, 0.717) is 0 Å². The van der Waals surface area contributed by atoms with Gasteiger partial charge in [0.05, 0.1) is 18.1 Å². The van der Waals surface area contributed by atoms with E-state index in [-0.39, 0.29) is 5.91 Å². The molecule has 2 aromatic carbocycles. The maximum Gasteiger partial charge on any atom is 0.228 e. The second-order valence-corrected chi connectivity index (χ2v) is 4.25. The van der Waals surface area contributed by atoms with Crippen LogP contribution < -0.4 is 4.74 Å². The maximum atomic E-state index is 11.9. The van der Waals surface area contributed by atoms with Crippen LogP contribution >= 0.6 is 0 Å².